The van der Waals surface area contributed by atoms with Crippen molar-refractivity contribution in [1.82, 2.24) is 15.5 Å². The van der Waals surface area contributed by atoms with Gasteiger partial charge in [0, 0.05) is 17.8 Å². The van der Waals surface area contributed by atoms with Crippen LogP contribution in [-0.2, 0) is 6.54 Å². The Morgan fingerprint density at radius 1 is 1.50 bits per heavy atom. The molecule has 86 valence electrons. The molecule has 0 saturated heterocycles. The minimum absolute atomic E-state index is 0.430. The summed E-state index contributed by atoms with van der Waals surface area (Å²) in [4.78, 5) is 0. The van der Waals surface area contributed by atoms with Crippen molar-refractivity contribution in [3.63, 3.8) is 0 Å². The summed E-state index contributed by atoms with van der Waals surface area (Å²) in [5.41, 5.74) is 3.26. The van der Waals surface area contributed by atoms with E-state index in [4.69, 9.17) is 4.42 Å². The third-order valence-electron chi connectivity index (χ3n) is 2.58. The molecular weight excluding hydrogens is 202 g/mol. The molecular formula is C12H17N3O. The van der Waals surface area contributed by atoms with Gasteiger partial charge >= 0.3 is 0 Å². The van der Waals surface area contributed by atoms with Crippen LogP contribution in [0.4, 0.5) is 0 Å². The summed E-state index contributed by atoms with van der Waals surface area (Å²) in [6.07, 6.45) is 1.67. The van der Waals surface area contributed by atoms with Gasteiger partial charge < -0.3 is 9.73 Å². The van der Waals surface area contributed by atoms with E-state index in [2.05, 4.69) is 29.4 Å². The van der Waals surface area contributed by atoms with Crippen LogP contribution < -0.4 is 5.32 Å². The van der Waals surface area contributed by atoms with Crippen LogP contribution in [0.5, 0.6) is 0 Å². The lowest BCUT2D eigenvalue weighted by atomic mass is 10.0. The summed E-state index contributed by atoms with van der Waals surface area (Å²) < 4.78 is 5.39. The zero-order chi connectivity index (χ0) is 11.5. The average molecular weight is 219 g/mol. The van der Waals surface area contributed by atoms with Crippen molar-refractivity contribution >= 4 is 0 Å². The van der Waals surface area contributed by atoms with E-state index < -0.39 is 0 Å². The Hall–Kier alpha value is -1.55. The molecule has 4 nitrogen and oxygen atoms in total. The number of rotatable bonds is 4. The van der Waals surface area contributed by atoms with E-state index in [0.29, 0.717) is 5.92 Å². The van der Waals surface area contributed by atoms with Gasteiger partial charge in [-0.3, -0.25) is 5.10 Å². The quantitative estimate of drug-likeness (QED) is 0.830. The Morgan fingerprint density at radius 3 is 2.88 bits per heavy atom. The van der Waals surface area contributed by atoms with Crippen molar-refractivity contribution < 1.29 is 4.42 Å². The van der Waals surface area contributed by atoms with Gasteiger partial charge in [0.1, 0.15) is 5.69 Å². The van der Waals surface area contributed by atoms with Crippen molar-refractivity contribution in [2.24, 2.45) is 0 Å². The van der Waals surface area contributed by atoms with Crippen LogP contribution in [-0.4, -0.2) is 17.2 Å². The second kappa shape index (κ2) is 4.53. The largest absolute Gasteiger partial charge is 0.463 e. The molecule has 0 aliphatic heterocycles. The predicted octanol–water partition coefficient (Wildman–Crippen LogP) is 2.51. The molecule has 0 aliphatic carbocycles. The number of aromatic nitrogens is 2. The first-order valence-electron chi connectivity index (χ1n) is 5.49. The van der Waals surface area contributed by atoms with Crippen LogP contribution in [0.15, 0.2) is 22.8 Å². The maximum Gasteiger partial charge on any atom is 0.154 e. The van der Waals surface area contributed by atoms with Gasteiger partial charge in [0.25, 0.3) is 0 Å². The third-order valence-corrected chi connectivity index (χ3v) is 2.58. The Labute approximate surface area is 95.1 Å². The smallest absolute Gasteiger partial charge is 0.154 e. The van der Waals surface area contributed by atoms with Crippen LogP contribution in [0.3, 0.4) is 0 Å². The number of nitrogens with zero attached hydrogens (tertiary/aromatic N) is 1. The Bertz CT molecular complexity index is 443. The molecule has 0 amide bonds. The van der Waals surface area contributed by atoms with Gasteiger partial charge in [-0.15, -0.1) is 0 Å². The fourth-order valence-electron chi connectivity index (χ4n) is 1.83. The number of furan rings is 1. The molecule has 0 aromatic carbocycles. The minimum Gasteiger partial charge on any atom is -0.463 e. The summed E-state index contributed by atoms with van der Waals surface area (Å²) in [5.74, 6) is 1.24. The van der Waals surface area contributed by atoms with E-state index in [-0.39, 0.29) is 0 Å². The van der Waals surface area contributed by atoms with Gasteiger partial charge in [-0.05, 0) is 25.1 Å². The highest BCUT2D eigenvalue weighted by Gasteiger charge is 2.17. The topological polar surface area (TPSA) is 53.9 Å². The molecule has 0 bridgehead atoms. The molecule has 2 N–H and O–H groups in total. The molecule has 0 aliphatic rings. The molecule has 2 aromatic heterocycles. The standard InChI is InChI=1S/C12H17N3O/c1-8(2)11-9(7-13-3)12(15-14-11)10-5-4-6-16-10/h4-6,8,13H,7H2,1-3H3,(H,14,15). The van der Waals surface area contributed by atoms with E-state index in [9.17, 15) is 0 Å². The normalized spacial score (nSPS) is 11.2. The van der Waals surface area contributed by atoms with Gasteiger partial charge in [-0.25, -0.2) is 0 Å². The lowest BCUT2D eigenvalue weighted by Crippen LogP contribution is -2.08. The van der Waals surface area contributed by atoms with Crippen molar-refractivity contribution in [3.8, 4) is 11.5 Å². The summed E-state index contributed by atoms with van der Waals surface area (Å²) in [6, 6.07) is 3.81. The zero-order valence-electron chi connectivity index (χ0n) is 9.87. The van der Waals surface area contributed by atoms with Crippen LogP contribution in [0.25, 0.3) is 11.5 Å². The molecule has 2 heterocycles. The van der Waals surface area contributed by atoms with E-state index in [1.54, 1.807) is 6.26 Å². The maximum atomic E-state index is 5.39. The number of H-pyrrole nitrogens is 1. The van der Waals surface area contributed by atoms with E-state index in [1.165, 1.54) is 11.3 Å². The van der Waals surface area contributed by atoms with Crippen LogP contribution >= 0.6 is 0 Å². The van der Waals surface area contributed by atoms with Crippen LogP contribution in [0, 0.1) is 0 Å². The Balaban J connectivity index is 2.46. The van der Waals surface area contributed by atoms with Crippen LogP contribution in [0.2, 0.25) is 0 Å². The molecule has 0 fully saturated rings. The molecule has 0 atom stereocenters. The lowest BCUT2D eigenvalue weighted by Gasteiger charge is -2.06. The van der Waals surface area contributed by atoms with Crippen molar-refractivity contribution in [2.45, 2.75) is 26.3 Å². The second-order valence-electron chi connectivity index (χ2n) is 4.13. The number of aromatic amines is 1. The Kier molecular flexibility index (Phi) is 3.10. The summed E-state index contributed by atoms with van der Waals surface area (Å²) in [6.45, 7) is 5.09. The van der Waals surface area contributed by atoms with Crippen molar-refractivity contribution in [2.75, 3.05) is 7.05 Å². The molecule has 0 saturated carbocycles. The number of hydrogen-bond acceptors (Lipinski definition) is 3. The van der Waals surface area contributed by atoms with Gasteiger partial charge in [0.2, 0.25) is 0 Å². The van der Waals surface area contributed by atoms with Gasteiger partial charge in [-0.2, -0.15) is 5.10 Å². The summed E-state index contributed by atoms with van der Waals surface area (Å²) >= 11 is 0. The Morgan fingerprint density at radius 2 is 2.31 bits per heavy atom. The minimum atomic E-state index is 0.430. The predicted molar refractivity (Wildman–Crippen MR) is 63.1 cm³/mol. The van der Waals surface area contributed by atoms with E-state index in [0.717, 1.165) is 18.0 Å². The first-order valence-corrected chi connectivity index (χ1v) is 5.49. The fraction of sp³-hybridized carbons (Fsp3) is 0.417. The first-order chi connectivity index (χ1) is 7.74. The van der Waals surface area contributed by atoms with Gasteiger partial charge in [0.15, 0.2) is 5.76 Å². The highest BCUT2D eigenvalue weighted by molar-refractivity contribution is 5.58. The molecule has 0 spiro atoms. The highest BCUT2D eigenvalue weighted by atomic mass is 16.3. The first kappa shape index (κ1) is 11.0. The van der Waals surface area contributed by atoms with Crippen molar-refractivity contribution in [3.05, 3.63) is 29.7 Å². The molecule has 2 rings (SSSR count). The maximum absolute atomic E-state index is 5.39. The SMILES string of the molecule is CNCc1c(-c2ccco2)n[nH]c1C(C)C. The number of nitrogens with one attached hydrogen (secondary N) is 2. The molecule has 0 radical (unpaired) electrons. The van der Waals surface area contributed by atoms with E-state index in [1.807, 2.05) is 19.2 Å². The van der Waals surface area contributed by atoms with Crippen LogP contribution in [0.1, 0.15) is 31.0 Å². The summed E-state index contributed by atoms with van der Waals surface area (Å²) in [5, 5.41) is 10.6. The fourth-order valence-corrected chi connectivity index (χ4v) is 1.83. The monoisotopic (exact) mass is 219 g/mol. The number of hydrogen-bond donors (Lipinski definition) is 2. The van der Waals surface area contributed by atoms with Gasteiger partial charge in [0.05, 0.1) is 6.26 Å². The molecule has 16 heavy (non-hydrogen) atoms. The van der Waals surface area contributed by atoms with E-state index >= 15 is 0 Å². The van der Waals surface area contributed by atoms with Crippen molar-refractivity contribution in [1.29, 1.82) is 0 Å². The third kappa shape index (κ3) is 1.88. The average Bonchev–Trinajstić information content (AvgIpc) is 2.84. The highest BCUT2D eigenvalue weighted by Crippen LogP contribution is 2.27. The zero-order valence-corrected chi connectivity index (χ0v) is 9.87. The summed E-state index contributed by atoms with van der Waals surface area (Å²) in [7, 11) is 1.93. The second-order valence-corrected chi connectivity index (χ2v) is 4.13. The lowest BCUT2D eigenvalue weighted by molar-refractivity contribution is 0.578. The molecule has 0 unspecified atom stereocenters. The molecule has 4 heteroatoms. The molecule has 2 aromatic rings. The van der Waals surface area contributed by atoms with Gasteiger partial charge in [-0.1, -0.05) is 13.8 Å².